The highest BCUT2D eigenvalue weighted by Crippen LogP contribution is 2.30. The summed E-state index contributed by atoms with van der Waals surface area (Å²) in [7, 11) is 3.44. The minimum atomic E-state index is -0.623. The van der Waals surface area contributed by atoms with Crippen molar-refractivity contribution in [2.45, 2.75) is 46.6 Å². The molecule has 3 rings (SSSR count). The molecule has 1 atom stereocenters. The minimum Gasteiger partial charge on any atom is -0.383 e. The van der Waals surface area contributed by atoms with Crippen molar-refractivity contribution in [1.82, 2.24) is 24.5 Å². The molecule has 1 aromatic heterocycles. The predicted molar refractivity (Wildman–Crippen MR) is 111 cm³/mol. The van der Waals surface area contributed by atoms with Gasteiger partial charge in [0, 0.05) is 44.8 Å². The molecule has 0 aromatic carbocycles. The van der Waals surface area contributed by atoms with Crippen molar-refractivity contribution in [3.63, 3.8) is 0 Å². The van der Waals surface area contributed by atoms with E-state index in [0.29, 0.717) is 32.5 Å². The van der Waals surface area contributed by atoms with Gasteiger partial charge in [-0.05, 0) is 25.8 Å². The fraction of sp³-hybridized carbons (Fsp3) is 0.714. The van der Waals surface area contributed by atoms with Crippen LogP contribution < -0.4 is 0 Å². The maximum Gasteiger partial charge on any atom is 0.327 e. The highest BCUT2D eigenvalue weighted by Gasteiger charge is 2.49. The summed E-state index contributed by atoms with van der Waals surface area (Å²) >= 11 is 0. The van der Waals surface area contributed by atoms with Crippen LogP contribution in [-0.4, -0.2) is 88.3 Å². The number of amides is 4. The third-order valence-electron chi connectivity index (χ3n) is 6.13. The number of fused-ring (bicyclic) bond motifs is 1. The van der Waals surface area contributed by atoms with Crippen LogP contribution in [0, 0.1) is 19.3 Å². The van der Waals surface area contributed by atoms with Crippen molar-refractivity contribution < 1.29 is 19.1 Å². The lowest BCUT2D eigenvalue weighted by molar-refractivity contribution is -0.134. The number of hydrogen-bond donors (Lipinski definition) is 0. The van der Waals surface area contributed by atoms with Gasteiger partial charge in [0.1, 0.15) is 6.04 Å². The fourth-order valence-electron chi connectivity index (χ4n) is 4.50. The molecule has 0 N–H and O–H groups in total. The Morgan fingerprint density at radius 2 is 1.93 bits per heavy atom. The molecule has 0 aliphatic carbocycles. The van der Waals surface area contributed by atoms with Gasteiger partial charge in [-0.15, -0.1) is 0 Å². The first kappa shape index (κ1) is 22.3. The zero-order valence-electron chi connectivity index (χ0n) is 18.9. The number of aromatic nitrogens is 2. The minimum absolute atomic E-state index is 0.00293. The van der Waals surface area contributed by atoms with Gasteiger partial charge >= 0.3 is 6.03 Å². The van der Waals surface area contributed by atoms with E-state index in [1.165, 1.54) is 4.90 Å². The number of ether oxygens (including phenoxy) is 1. The Labute approximate surface area is 177 Å². The van der Waals surface area contributed by atoms with Crippen molar-refractivity contribution in [3.05, 3.63) is 17.0 Å². The summed E-state index contributed by atoms with van der Waals surface area (Å²) in [5.74, 6) is -0.241. The molecule has 0 spiro atoms. The van der Waals surface area contributed by atoms with Gasteiger partial charge in [0.05, 0.1) is 25.4 Å². The van der Waals surface area contributed by atoms with E-state index < -0.39 is 6.04 Å². The number of imide groups is 1. The van der Waals surface area contributed by atoms with Gasteiger partial charge in [0.25, 0.3) is 5.91 Å². The molecule has 166 valence electrons. The first-order chi connectivity index (χ1) is 14.1. The first-order valence-electron chi connectivity index (χ1n) is 10.4. The molecule has 2 aliphatic heterocycles. The normalized spacial score (nSPS) is 21.3. The third-order valence-corrected chi connectivity index (χ3v) is 6.13. The van der Waals surface area contributed by atoms with E-state index in [1.807, 2.05) is 39.4 Å². The van der Waals surface area contributed by atoms with E-state index in [2.05, 4.69) is 5.10 Å². The zero-order chi connectivity index (χ0) is 22.2. The lowest BCUT2D eigenvalue weighted by Crippen LogP contribution is -2.44. The molecule has 2 saturated heterocycles. The van der Waals surface area contributed by atoms with Gasteiger partial charge < -0.3 is 14.5 Å². The summed E-state index contributed by atoms with van der Waals surface area (Å²) in [5, 5.41) is 4.42. The van der Waals surface area contributed by atoms with Crippen LogP contribution in [0.25, 0.3) is 0 Å². The first-order valence-corrected chi connectivity index (χ1v) is 10.4. The molecule has 0 radical (unpaired) electrons. The van der Waals surface area contributed by atoms with Gasteiger partial charge in [0.15, 0.2) is 0 Å². The van der Waals surface area contributed by atoms with Crippen LogP contribution in [0.3, 0.4) is 0 Å². The van der Waals surface area contributed by atoms with E-state index in [9.17, 15) is 14.4 Å². The quantitative estimate of drug-likeness (QED) is 0.645. The molecule has 9 heteroatoms. The summed E-state index contributed by atoms with van der Waals surface area (Å²) < 4.78 is 6.87. The van der Waals surface area contributed by atoms with E-state index in [1.54, 1.807) is 16.9 Å². The van der Waals surface area contributed by atoms with Gasteiger partial charge in [-0.25, -0.2) is 4.79 Å². The van der Waals surface area contributed by atoms with E-state index in [0.717, 1.165) is 17.0 Å². The van der Waals surface area contributed by atoms with Crippen molar-refractivity contribution in [1.29, 1.82) is 0 Å². The van der Waals surface area contributed by atoms with Crippen LogP contribution >= 0.6 is 0 Å². The van der Waals surface area contributed by atoms with Gasteiger partial charge in [0.2, 0.25) is 5.91 Å². The average molecular weight is 420 g/mol. The number of carbonyl (C=O) groups excluding carboxylic acids is 3. The van der Waals surface area contributed by atoms with Gasteiger partial charge in [-0.2, -0.15) is 5.10 Å². The lowest BCUT2D eigenvalue weighted by Gasteiger charge is -2.30. The second-order valence-electron chi connectivity index (χ2n) is 9.12. The Morgan fingerprint density at radius 1 is 1.23 bits per heavy atom. The van der Waals surface area contributed by atoms with Crippen molar-refractivity contribution in [3.8, 4) is 0 Å². The van der Waals surface area contributed by atoms with Crippen LogP contribution in [-0.2, 0) is 27.8 Å². The number of rotatable bonds is 6. The van der Waals surface area contributed by atoms with Crippen LogP contribution in [0.1, 0.15) is 37.2 Å². The van der Waals surface area contributed by atoms with E-state index in [4.69, 9.17) is 4.74 Å². The molecule has 2 fully saturated rings. The van der Waals surface area contributed by atoms with Crippen molar-refractivity contribution >= 4 is 17.8 Å². The van der Waals surface area contributed by atoms with Crippen molar-refractivity contribution in [2.75, 3.05) is 39.9 Å². The SMILES string of the molecule is COCCN1C(=O)C2CN(C(=O)CCc3c(C)nn(C)c3C)CC(C)(C)CN2C1=O. The average Bonchev–Trinajstić information content (AvgIpc) is 2.96. The standard InChI is InChI=1S/C21H33N5O4/c1-14-16(15(2)23(5)22-14)7-8-18(27)24-11-17-19(28)25(9-10-30-6)20(29)26(17)13-21(3,4)12-24/h17H,7-13H2,1-6H3. The van der Waals surface area contributed by atoms with Crippen LogP contribution in [0.4, 0.5) is 4.79 Å². The second-order valence-corrected chi connectivity index (χ2v) is 9.12. The van der Waals surface area contributed by atoms with Gasteiger partial charge in [-0.3, -0.25) is 19.2 Å². The van der Waals surface area contributed by atoms with Crippen LogP contribution in [0.2, 0.25) is 0 Å². The predicted octanol–water partition coefficient (Wildman–Crippen LogP) is 1.12. The topological polar surface area (TPSA) is 88.0 Å². The molecule has 2 aliphatic rings. The lowest BCUT2D eigenvalue weighted by atomic mass is 9.92. The number of hydrogen-bond acceptors (Lipinski definition) is 5. The number of carbonyl (C=O) groups is 3. The number of methoxy groups -OCH3 is 1. The molecular weight excluding hydrogens is 386 g/mol. The molecule has 3 heterocycles. The smallest absolute Gasteiger partial charge is 0.327 e. The van der Waals surface area contributed by atoms with E-state index >= 15 is 0 Å². The molecule has 9 nitrogen and oxygen atoms in total. The fourth-order valence-corrected chi connectivity index (χ4v) is 4.50. The molecular formula is C21H33N5O4. The third kappa shape index (κ3) is 4.21. The van der Waals surface area contributed by atoms with Crippen LogP contribution in [0.15, 0.2) is 0 Å². The maximum atomic E-state index is 13.1. The summed E-state index contributed by atoms with van der Waals surface area (Å²) in [5.41, 5.74) is 2.79. The maximum absolute atomic E-state index is 13.1. The molecule has 1 unspecified atom stereocenters. The summed E-state index contributed by atoms with van der Waals surface area (Å²) in [4.78, 5) is 43.5. The number of nitrogens with zero attached hydrogens (tertiary/aromatic N) is 5. The Morgan fingerprint density at radius 3 is 2.53 bits per heavy atom. The summed E-state index contributed by atoms with van der Waals surface area (Å²) in [6.45, 7) is 9.74. The molecule has 4 amide bonds. The Kier molecular flexibility index (Phi) is 6.21. The number of urea groups is 1. The molecule has 0 saturated carbocycles. The zero-order valence-corrected chi connectivity index (χ0v) is 18.9. The highest BCUT2D eigenvalue weighted by molar-refractivity contribution is 6.04. The Hall–Kier alpha value is -2.42. The number of aryl methyl sites for hydroxylation is 2. The summed E-state index contributed by atoms with van der Waals surface area (Å²) in [6, 6.07) is -0.909. The largest absolute Gasteiger partial charge is 0.383 e. The Balaban J connectivity index is 1.75. The highest BCUT2D eigenvalue weighted by atomic mass is 16.5. The molecule has 30 heavy (non-hydrogen) atoms. The van der Waals surface area contributed by atoms with E-state index in [-0.39, 0.29) is 36.3 Å². The monoisotopic (exact) mass is 419 g/mol. The second kappa shape index (κ2) is 8.37. The molecule has 1 aromatic rings. The van der Waals surface area contributed by atoms with Crippen molar-refractivity contribution in [2.24, 2.45) is 12.5 Å². The summed E-state index contributed by atoms with van der Waals surface area (Å²) in [6.07, 6.45) is 0.966. The van der Waals surface area contributed by atoms with Crippen LogP contribution in [0.5, 0.6) is 0 Å². The van der Waals surface area contributed by atoms with Gasteiger partial charge in [-0.1, -0.05) is 13.8 Å². The molecule has 0 bridgehead atoms. The Bertz CT molecular complexity index is 847.